The van der Waals surface area contributed by atoms with Crippen molar-refractivity contribution in [3.63, 3.8) is 0 Å². The molecule has 2 N–H and O–H groups in total. The number of hydrogen-bond acceptors (Lipinski definition) is 5. The Morgan fingerprint density at radius 1 is 0.903 bits per heavy atom. The Bertz CT molecular complexity index is 1180. The fraction of sp³-hybridized carbons (Fsp3) is 0.130. The first kappa shape index (κ1) is 20.1. The van der Waals surface area contributed by atoms with Gasteiger partial charge in [-0.15, -0.1) is 0 Å². The molecule has 4 rings (SSSR count). The van der Waals surface area contributed by atoms with Crippen molar-refractivity contribution in [3.8, 4) is 0 Å². The summed E-state index contributed by atoms with van der Waals surface area (Å²) in [7, 11) is 0. The van der Waals surface area contributed by atoms with Gasteiger partial charge in [-0.2, -0.15) is 0 Å². The second-order valence-electron chi connectivity index (χ2n) is 6.97. The molecule has 1 aliphatic heterocycles. The molecule has 0 unspecified atom stereocenters. The van der Waals surface area contributed by atoms with Gasteiger partial charge in [0.1, 0.15) is 5.76 Å². The SMILES string of the molecule is CCC(=O)Nc1cccc(NC(=O)c2ccc3c(c2)C(=O)N(Cc2ccco2)C3=O)c1. The molecule has 3 aromatic rings. The number of furan rings is 1. The molecular formula is C23H19N3O5. The third-order valence-corrected chi connectivity index (χ3v) is 4.85. The summed E-state index contributed by atoms with van der Waals surface area (Å²) in [6.07, 6.45) is 1.81. The molecule has 2 heterocycles. The van der Waals surface area contributed by atoms with Gasteiger partial charge >= 0.3 is 0 Å². The summed E-state index contributed by atoms with van der Waals surface area (Å²) in [5.41, 5.74) is 1.71. The normalized spacial score (nSPS) is 12.6. The van der Waals surface area contributed by atoms with Crippen LogP contribution in [-0.4, -0.2) is 28.5 Å². The molecule has 2 aromatic carbocycles. The van der Waals surface area contributed by atoms with Gasteiger partial charge in [-0.25, -0.2) is 0 Å². The fourth-order valence-corrected chi connectivity index (χ4v) is 3.26. The number of rotatable bonds is 6. The predicted molar refractivity (Wildman–Crippen MR) is 113 cm³/mol. The highest BCUT2D eigenvalue weighted by Crippen LogP contribution is 2.26. The summed E-state index contributed by atoms with van der Waals surface area (Å²) in [6.45, 7) is 1.77. The van der Waals surface area contributed by atoms with Gasteiger partial charge in [0.15, 0.2) is 0 Å². The van der Waals surface area contributed by atoms with Gasteiger partial charge in [0.2, 0.25) is 5.91 Å². The minimum atomic E-state index is -0.477. The van der Waals surface area contributed by atoms with E-state index in [2.05, 4.69) is 10.6 Å². The van der Waals surface area contributed by atoms with Gasteiger partial charge < -0.3 is 15.1 Å². The molecule has 0 saturated heterocycles. The minimum Gasteiger partial charge on any atom is -0.467 e. The second-order valence-corrected chi connectivity index (χ2v) is 6.97. The Morgan fingerprint density at radius 3 is 2.35 bits per heavy atom. The van der Waals surface area contributed by atoms with E-state index in [-0.39, 0.29) is 29.1 Å². The van der Waals surface area contributed by atoms with E-state index >= 15 is 0 Å². The molecule has 0 fully saturated rings. The molecule has 1 aromatic heterocycles. The molecule has 0 atom stereocenters. The first-order valence-corrected chi connectivity index (χ1v) is 9.70. The van der Waals surface area contributed by atoms with Crippen LogP contribution in [0.25, 0.3) is 0 Å². The van der Waals surface area contributed by atoms with E-state index in [0.717, 1.165) is 4.90 Å². The van der Waals surface area contributed by atoms with E-state index in [9.17, 15) is 19.2 Å². The maximum absolute atomic E-state index is 12.7. The fourth-order valence-electron chi connectivity index (χ4n) is 3.26. The third kappa shape index (κ3) is 4.09. The Labute approximate surface area is 177 Å². The third-order valence-electron chi connectivity index (χ3n) is 4.85. The lowest BCUT2D eigenvalue weighted by Gasteiger charge is -2.11. The number of fused-ring (bicyclic) bond motifs is 1. The molecule has 8 nitrogen and oxygen atoms in total. The van der Waals surface area contributed by atoms with Crippen LogP contribution >= 0.6 is 0 Å². The number of amides is 4. The standard InChI is InChI=1S/C23H19N3O5/c1-2-20(27)24-15-5-3-6-16(12-15)25-21(28)14-8-9-18-19(11-14)23(30)26(22(18)29)13-17-7-4-10-31-17/h3-12H,2,13H2,1H3,(H,24,27)(H,25,28). The molecule has 4 amide bonds. The van der Waals surface area contributed by atoms with Crippen LogP contribution in [0, 0.1) is 0 Å². The van der Waals surface area contributed by atoms with Gasteiger partial charge in [-0.3, -0.25) is 24.1 Å². The van der Waals surface area contributed by atoms with E-state index in [1.807, 2.05) is 0 Å². The minimum absolute atomic E-state index is 0.0249. The van der Waals surface area contributed by atoms with E-state index in [1.165, 1.54) is 24.5 Å². The summed E-state index contributed by atoms with van der Waals surface area (Å²) in [6, 6.07) is 14.5. The van der Waals surface area contributed by atoms with Crippen molar-refractivity contribution in [2.75, 3.05) is 10.6 Å². The summed E-state index contributed by atoms with van der Waals surface area (Å²) in [5, 5.41) is 5.47. The smallest absolute Gasteiger partial charge is 0.261 e. The summed E-state index contributed by atoms with van der Waals surface area (Å²) in [5.74, 6) is -0.989. The molecule has 0 saturated carbocycles. The van der Waals surface area contributed by atoms with Gasteiger partial charge in [0.25, 0.3) is 17.7 Å². The molecule has 156 valence electrons. The first-order chi connectivity index (χ1) is 15.0. The van der Waals surface area contributed by atoms with Crippen LogP contribution in [0.4, 0.5) is 11.4 Å². The first-order valence-electron chi connectivity index (χ1n) is 9.70. The molecule has 1 aliphatic rings. The number of carbonyl (C=O) groups is 4. The van der Waals surface area contributed by atoms with E-state index < -0.39 is 17.7 Å². The Morgan fingerprint density at radius 2 is 1.65 bits per heavy atom. The van der Waals surface area contributed by atoms with Crippen molar-refractivity contribution >= 4 is 35.0 Å². The number of hydrogen-bond donors (Lipinski definition) is 2. The molecular weight excluding hydrogens is 398 g/mol. The zero-order valence-electron chi connectivity index (χ0n) is 16.7. The van der Waals surface area contributed by atoms with Crippen LogP contribution in [0.5, 0.6) is 0 Å². The van der Waals surface area contributed by atoms with Crippen molar-refractivity contribution in [2.45, 2.75) is 19.9 Å². The Hall–Kier alpha value is -4.20. The number of benzene rings is 2. The number of anilines is 2. The van der Waals surface area contributed by atoms with Crippen LogP contribution in [-0.2, 0) is 11.3 Å². The lowest BCUT2D eigenvalue weighted by molar-refractivity contribution is -0.115. The number of nitrogens with one attached hydrogen (secondary N) is 2. The van der Waals surface area contributed by atoms with Crippen molar-refractivity contribution in [1.82, 2.24) is 4.90 Å². The highest BCUT2D eigenvalue weighted by atomic mass is 16.3. The topological polar surface area (TPSA) is 109 Å². The quantitative estimate of drug-likeness (QED) is 0.595. The van der Waals surface area contributed by atoms with Crippen molar-refractivity contribution in [3.05, 3.63) is 83.3 Å². The molecule has 0 radical (unpaired) electrons. The van der Waals surface area contributed by atoms with Crippen LogP contribution in [0.3, 0.4) is 0 Å². The number of nitrogens with zero attached hydrogens (tertiary/aromatic N) is 1. The van der Waals surface area contributed by atoms with Gasteiger partial charge in [0, 0.05) is 23.4 Å². The summed E-state index contributed by atoms with van der Waals surface area (Å²) < 4.78 is 5.22. The van der Waals surface area contributed by atoms with Crippen LogP contribution in [0.15, 0.2) is 65.3 Å². The zero-order chi connectivity index (χ0) is 22.0. The lowest BCUT2D eigenvalue weighted by atomic mass is 10.1. The highest BCUT2D eigenvalue weighted by molar-refractivity contribution is 6.22. The molecule has 8 heteroatoms. The Balaban J connectivity index is 1.51. The summed E-state index contributed by atoms with van der Waals surface area (Å²) >= 11 is 0. The molecule has 0 aliphatic carbocycles. The maximum Gasteiger partial charge on any atom is 0.261 e. The highest BCUT2D eigenvalue weighted by Gasteiger charge is 2.36. The van der Waals surface area contributed by atoms with Crippen LogP contribution in [0.1, 0.15) is 50.2 Å². The predicted octanol–water partition coefficient (Wildman–Crippen LogP) is 3.68. The number of imide groups is 1. The second kappa shape index (κ2) is 8.27. The monoisotopic (exact) mass is 417 g/mol. The average Bonchev–Trinajstić information content (AvgIpc) is 3.36. The summed E-state index contributed by atoms with van der Waals surface area (Å²) in [4.78, 5) is 50.7. The maximum atomic E-state index is 12.7. The number of carbonyl (C=O) groups excluding carboxylic acids is 4. The van der Waals surface area contributed by atoms with Gasteiger partial charge in [-0.1, -0.05) is 13.0 Å². The zero-order valence-corrected chi connectivity index (χ0v) is 16.7. The molecule has 0 bridgehead atoms. The van der Waals surface area contributed by atoms with E-state index in [0.29, 0.717) is 23.6 Å². The average molecular weight is 417 g/mol. The molecule has 0 spiro atoms. The van der Waals surface area contributed by atoms with Crippen molar-refractivity contribution in [2.24, 2.45) is 0 Å². The molecule has 31 heavy (non-hydrogen) atoms. The van der Waals surface area contributed by atoms with Crippen LogP contribution < -0.4 is 10.6 Å². The Kier molecular flexibility index (Phi) is 5.36. The van der Waals surface area contributed by atoms with Crippen molar-refractivity contribution < 1.29 is 23.6 Å². The van der Waals surface area contributed by atoms with Crippen molar-refractivity contribution in [1.29, 1.82) is 0 Å². The van der Waals surface area contributed by atoms with Gasteiger partial charge in [-0.05, 0) is 48.5 Å². The van der Waals surface area contributed by atoms with E-state index in [1.54, 1.807) is 43.3 Å². The largest absolute Gasteiger partial charge is 0.467 e. The van der Waals surface area contributed by atoms with Gasteiger partial charge in [0.05, 0.1) is 23.9 Å². The van der Waals surface area contributed by atoms with Crippen LogP contribution in [0.2, 0.25) is 0 Å². The van der Waals surface area contributed by atoms with E-state index in [4.69, 9.17) is 4.42 Å². The lowest BCUT2D eigenvalue weighted by Crippen LogP contribution is -2.28.